The van der Waals surface area contributed by atoms with Crippen LogP contribution in [0.15, 0.2) is 4.99 Å². The number of hydrogen-bond donors (Lipinski definition) is 0. The molecule has 106 valence electrons. The summed E-state index contributed by atoms with van der Waals surface area (Å²) in [7, 11) is 0. The van der Waals surface area contributed by atoms with Crippen molar-refractivity contribution in [1.29, 1.82) is 0 Å². The summed E-state index contributed by atoms with van der Waals surface area (Å²) in [4.78, 5) is 4.69. The van der Waals surface area contributed by atoms with Gasteiger partial charge in [-0.3, -0.25) is 4.99 Å². The van der Waals surface area contributed by atoms with Gasteiger partial charge in [0.05, 0.1) is 0 Å². The molecule has 1 rings (SSSR count). The molecule has 0 spiro atoms. The van der Waals surface area contributed by atoms with Crippen LogP contribution in [-0.4, -0.2) is 12.3 Å². The Morgan fingerprint density at radius 1 is 0.556 bits per heavy atom. The van der Waals surface area contributed by atoms with Crippen LogP contribution < -0.4 is 0 Å². The molecule has 0 radical (unpaired) electrons. The highest BCUT2D eigenvalue weighted by atomic mass is 14.7. The summed E-state index contributed by atoms with van der Waals surface area (Å²) in [6.45, 7) is 3.29. The van der Waals surface area contributed by atoms with Crippen molar-refractivity contribution in [2.24, 2.45) is 4.99 Å². The maximum absolute atomic E-state index is 4.69. The zero-order valence-corrected chi connectivity index (χ0v) is 12.6. The molecule has 1 heterocycles. The van der Waals surface area contributed by atoms with Crippen LogP contribution >= 0.6 is 0 Å². The van der Waals surface area contributed by atoms with E-state index in [4.69, 9.17) is 0 Å². The fourth-order valence-electron chi connectivity index (χ4n) is 2.79. The first-order chi connectivity index (χ1) is 8.89. The minimum absolute atomic E-state index is 1.08. The minimum Gasteiger partial charge on any atom is -0.294 e. The van der Waals surface area contributed by atoms with Gasteiger partial charge in [0, 0.05) is 12.3 Å². The molecule has 0 saturated heterocycles. The van der Waals surface area contributed by atoms with E-state index < -0.39 is 0 Å². The van der Waals surface area contributed by atoms with Crippen molar-refractivity contribution in [3.63, 3.8) is 0 Å². The highest BCUT2D eigenvalue weighted by Gasteiger charge is 1.97. The van der Waals surface area contributed by atoms with Gasteiger partial charge in [0.2, 0.25) is 0 Å². The Morgan fingerprint density at radius 3 is 1.44 bits per heavy atom. The second-order valence-electron chi connectivity index (χ2n) is 5.96. The van der Waals surface area contributed by atoms with Crippen LogP contribution in [0, 0.1) is 0 Å². The van der Waals surface area contributed by atoms with E-state index in [1.807, 2.05) is 0 Å². The van der Waals surface area contributed by atoms with Crippen LogP contribution in [0.5, 0.6) is 0 Å². The maximum Gasteiger partial charge on any atom is 0.0388 e. The third-order valence-electron chi connectivity index (χ3n) is 4.08. The van der Waals surface area contributed by atoms with Crippen molar-refractivity contribution in [3.05, 3.63) is 0 Å². The first kappa shape index (κ1) is 15.7. The molecular formula is C17H33N. The topological polar surface area (TPSA) is 12.4 Å². The van der Waals surface area contributed by atoms with Gasteiger partial charge in [-0.05, 0) is 26.2 Å². The van der Waals surface area contributed by atoms with Crippen LogP contribution in [0.3, 0.4) is 0 Å². The highest BCUT2D eigenvalue weighted by Crippen LogP contribution is 2.13. The van der Waals surface area contributed by atoms with Crippen LogP contribution in [0.25, 0.3) is 0 Å². The van der Waals surface area contributed by atoms with E-state index in [9.17, 15) is 0 Å². The van der Waals surface area contributed by atoms with Crippen LogP contribution in [0.4, 0.5) is 0 Å². The van der Waals surface area contributed by atoms with Crippen molar-refractivity contribution in [2.45, 2.75) is 96.8 Å². The van der Waals surface area contributed by atoms with Gasteiger partial charge in [-0.1, -0.05) is 70.6 Å². The monoisotopic (exact) mass is 251 g/mol. The summed E-state index contributed by atoms with van der Waals surface area (Å²) in [5.74, 6) is 0. The standard InChI is InChI=1S/C17H33N/c1-17-15-13-11-9-7-5-3-2-4-6-8-10-12-14-16-18-17/h2-16H2,1H3. The predicted octanol–water partition coefficient (Wildman–Crippen LogP) is 5.92. The van der Waals surface area contributed by atoms with E-state index in [-0.39, 0.29) is 0 Å². The molecule has 1 heteroatoms. The van der Waals surface area contributed by atoms with Gasteiger partial charge in [-0.25, -0.2) is 0 Å². The Labute approximate surface area is 114 Å². The Hall–Kier alpha value is -0.330. The summed E-state index contributed by atoms with van der Waals surface area (Å²) in [5, 5.41) is 0. The maximum atomic E-state index is 4.69. The Balaban J connectivity index is 2.17. The molecule has 1 aliphatic rings. The summed E-state index contributed by atoms with van der Waals surface area (Å²) in [5.41, 5.74) is 1.39. The average Bonchev–Trinajstić information content (AvgIpc) is 2.37. The molecule has 0 aromatic carbocycles. The van der Waals surface area contributed by atoms with Crippen molar-refractivity contribution >= 4 is 5.71 Å². The number of hydrogen-bond acceptors (Lipinski definition) is 1. The van der Waals surface area contributed by atoms with Gasteiger partial charge in [-0.2, -0.15) is 0 Å². The van der Waals surface area contributed by atoms with E-state index in [0.717, 1.165) is 6.54 Å². The lowest BCUT2D eigenvalue weighted by molar-refractivity contribution is 0.540. The molecule has 0 aliphatic carbocycles. The number of aliphatic imine (C=N–C) groups is 1. The molecule has 0 fully saturated rings. The third-order valence-corrected chi connectivity index (χ3v) is 4.08. The summed E-state index contributed by atoms with van der Waals surface area (Å²) >= 11 is 0. The Kier molecular flexibility index (Phi) is 10.3. The molecule has 0 saturated carbocycles. The molecule has 0 bridgehead atoms. The SMILES string of the molecule is CC1=NCCCCCCCCCCCCCCC1. The number of nitrogens with zero attached hydrogens (tertiary/aromatic N) is 1. The van der Waals surface area contributed by atoms with Crippen LogP contribution in [0.1, 0.15) is 96.8 Å². The summed E-state index contributed by atoms with van der Waals surface area (Å²) in [6, 6.07) is 0. The normalized spacial score (nSPS) is 23.1. The van der Waals surface area contributed by atoms with Gasteiger partial charge >= 0.3 is 0 Å². The minimum atomic E-state index is 1.08. The second kappa shape index (κ2) is 11.7. The quantitative estimate of drug-likeness (QED) is 0.506. The molecule has 1 nitrogen and oxygen atoms in total. The van der Waals surface area contributed by atoms with E-state index in [2.05, 4.69) is 11.9 Å². The van der Waals surface area contributed by atoms with Crippen molar-refractivity contribution < 1.29 is 0 Å². The number of rotatable bonds is 0. The zero-order chi connectivity index (χ0) is 12.9. The largest absolute Gasteiger partial charge is 0.294 e. The smallest absolute Gasteiger partial charge is 0.0388 e. The lowest BCUT2D eigenvalue weighted by Gasteiger charge is -2.02. The molecule has 0 atom stereocenters. The lowest BCUT2D eigenvalue weighted by atomic mass is 10.0. The van der Waals surface area contributed by atoms with Gasteiger partial charge in [-0.15, -0.1) is 0 Å². The van der Waals surface area contributed by atoms with E-state index >= 15 is 0 Å². The summed E-state index contributed by atoms with van der Waals surface area (Å²) in [6.07, 6.45) is 19.8. The van der Waals surface area contributed by atoms with Gasteiger partial charge in [0.1, 0.15) is 0 Å². The molecule has 0 aromatic heterocycles. The van der Waals surface area contributed by atoms with Crippen molar-refractivity contribution in [1.82, 2.24) is 0 Å². The predicted molar refractivity (Wildman–Crippen MR) is 82.6 cm³/mol. The lowest BCUT2D eigenvalue weighted by Crippen LogP contribution is -1.94. The average molecular weight is 251 g/mol. The third kappa shape index (κ3) is 9.67. The van der Waals surface area contributed by atoms with Gasteiger partial charge < -0.3 is 0 Å². The summed E-state index contributed by atoms with van der Waals surface area (Å²) < 4.78 is 0. The fraction of sp³-hybridized carbons (Fsp3) is 0.941. The van der Waals surface area contributed by atoms with E-state index in [0.29, 0.717) is 0 Å². The Morgan fingerprint density at radius 2 is 0.944 bits per heavy atom. The highest BCUT2D eigenvalue weighted by molar-refractivity contribution is 5.81. The van der Waals surface area contributed by atoms with E-state index in [1.165, 1.54) is 95.6 Å². The molecule has 0 N–H and O–H groups in total. The second-order valence-corrected chi connectivity index (χ2v) is 5.96. The molecule has 1 aliphatic heterocycles. The van der Waals surface area contributed by atoms with E-state index in [1.54, 1.807) is 0 Å². The fourth-order valence-corrected chi connectivity index (χ4v) is 2.79. The first-order valence-corrected chi connectivity index (χ1v) is 8.39. The van der Waals surface area contributed by atoms with Crippen LogP contribution in [0.2, 0.25) is 0 Å². The van der Waals surface area contributed by atoms with Gasteiger partial charge in [0.15, 0.2) is 0 Å². The van der Waals surface area contributed by atoms with Crippen LogP contribution in [-0.2, 0) is 0 Å². The molecule has 0 aromatic rings. The Bertz CT molecular complexity index is 208. The molecular weight excluding hydrogens is 218 g/mol. The molecule has 0 amide bonds. The van der Waals surface area contributed by atoms with Gasteiger partial charge in [0.25, 0.3) is 0 Å². The zero-order valence-electron chi connectivity index (χ0n) is 12.6. The van der Waals surface area contributed by atoms with Crippen molar-refractivity contribution in [2.75, 3.05) is 6.54 Å². The van der Waals surface area contributed by atoms with Crippen molar-refractivity contribution in [3.8, 4) is 0 Å². The molecule has 0 unspecified atom stereocenters. The molecule has 18 heavy (non-hydrogen) atoms. The first-order valence-electron chi connectivity index (χ1n) is 8.39.